The van der Waals surface area contributed by atoms with Gasteiger partial charge in [-0.25, -0.2) is 9.98 Å². The molecular weight excluding hydrogens is 642 g/mol. The largest absolute Gasteiger partial charge is 0.496 e. The van der Waals surface area contributed by atoms with E-state index in [9.17, 15) is 14.4 Å². The van der Waals surface area contributed by atoms with Crippen molar-refractivity contribution in [2.24, 2.45) is 4.99 Å². The van der Waals surface area contributed by atoms with Gasteiger partial charge in [-0.3, -0.25) is 19.0 Å². The Labute approximate surface area is 257 Å². The van der Waals surface area contributed by atoms with Crippen molar-refractivity contribution in [1.82, 2.24) is 19.4 Å². The molecule has 1 amide bonds. The molecule has 0 spiro atoms. The van der Waals surface area contributed by atoms with Gasteiger partial charge in [0.2, 0.25) is 0 Å². The molecule has 1 aliphatic rings. The molecule has 1 N–H and O–H groups in total. The number of benzene rings is 1. The number of furan rings is 1. The SMILES string of the molecule is CCN(CC)C(=O)C1=C(C)N=c2s/c(=C\c3cc(Br)c(Sc4nc(C)cc(=O)[nH]4)o3)c(=O)n2[C@H]1c1ccccc1OC. The maximum absolute atomic E-state index is 14.0. The Bertz CT molecular complexity index is 1950. The van der Waals surface area contributed by atoms with Crippen LogP contribution in [0, 0.1) is 6.92 Å². The molecule has 0 radical (unpaired) electrons. The molecule has 1 atom stereocenters. The van der Waals surface area contributed by atoms with Gasteiger partial charge in [0.1, 0.15) is 17.6 Å². The third kappa shape index (κ3) is 5.68. The quantitative estimate of drug-likeness (QED) is 0.281. The van der Waals surface area contributed by atoms with E-state index >= 15 is 0 Å². The van der Waals surface area contributed by atoms with Gasteiger partial charge in [0.05, 0.1) is 27.4 Å². The zero-order valence-corrected chi connectivity index (χ0v) is 26.8. The van der Waals surface area contributed by atoms with E-state index < -0.39 is 6.04 Å². The van der Waals surface area contributed by atoms with Crippen LogP contribution in [0.5, 0.6) is 5.75 Å². The van der Waals surface area contributed by atoms with Gasteiger partial charge in [-0.15, -0.1) is 0 Å². The minimum atomic E-state index is -0.730. The Hall–Kier alpha value is -3.68. The summed E-state index contributed by atoms with van der Waals surface area (Å²) in [7, 11) is 1.57. The maximum atomic E-state index is 14.0. The van der Waals surface area contributed by atoms with Crippen molar-refractivity contribution in [3.05, 3.63) is 99.2 Å². The number of aromatic nitrogens is 3. The van der Waals surface area contributed by atoms with E-state index in [4.69, 9.17) is 14.1 Å². The van der Waals surface area contributed by atoms with E-state index in [1.807, 2.05) is 38.1 Å². The van der Waals surface area contributed by atoms with Crippen LogP contribution in [0.15, 0.2) is 81.4 Å². The zero-order chi connectivity index (χ0) is 30.1. The number of rotatable bonds is 8. The second kappa shape index (κ2) is 12.3. The van der Waals surface area contributed by atoms with Crippen LogP contribution in [0.25, 0.3) is 6.08 Å². The van der Waals surface area contributed by atoms with Crippen LogP contribution >= 0.6 is 39.0 Å². The van der Waals surface area contributed by atoms with Gasteiger partial charge in [0.15, 0.2) is 15.1 Å². The average Bonchev–Trinajstić information content (AvgIpc) is 3.45. The number of fused-ring (bicyclic) bond motifs is 1. The molecule has 42 heavy (non-hydrogen) atoms. The lowest BCUT2D eigenvalue weighted by atomic mass is 9.94. The van der Waals surface area contributed by atoms with Crippen LogP contribution in [-0.2, 0) is 4.79 Å². The Balaban J connectivity index is 1.64. The van der Waals surface area contributed by atoms with Gasteiger partial charge >= 0.3 is 0 Å². The van der Waals surface area contributed by atoms with Crippen LogP contribution in [0.1, 0.15) is 43.8 Å². The molecule has 4 heterocycles. The van der Waals surface area contributed by atoms with E-state index in [1.165, 1.54) is 17.4 Å². The lowest BCUT2D eigenvalue weighted by Gasteiger charge is -2.29. The number of para-hydroxylation sites is 1. The topological polar surface area (TPSA) is 123 Å². The summed E-state index contributed by atoms with van der Waals surface area (Å²) in [5, 5.41) is 0.858. The molecule has 4 aromatic rings. The summed E-state index contributed by atoms with van der Waals surface area (Å²) in [4.78, 5) is 53.6. The number of likely N-dealkylation sites (N-methyl/N-ethyl adjacent to an activating group) is 1. The first-order valence-corrected chi connectivity index (χ1v) is 15.6. The highest BCUT2D eigenvalue weighted by molar-refractivity contribution is 9.10. The number of methoxy groups -OCH3 is 1. The Morgan fingerprint density at radius 2 is 1.98 bits per heavy atom. The average molecular weight is 671 g/mol. The Morgan fingerprint density at radius 3 is 2.67 bits per heavy atom. The fraction of sp³-hybridized carbons (Fsp3) is 0.276. The maximum Gasteiger partial charge on any atom is 0.271 e. The van der Waals surface area contributed by atoms with Crippen molar-refractivity contribution in [1.29, 1.82) is 0 Å². The minimum Gasteiger partial charge on any atom is -0.496 e. The minimum absolute atomic E-state index is 0.175. The van der Waals surface area contributed by atoms with Gasteiger partial charge < -0.3 is 19.0 Å². The number of nitrogens with zero attached hydrogens (tertiary/aromatic N) is 4. The number of amides is 1. The van der Waals surface area contributed by atoms with E-state index in [-0.39, 0.29) is 17.0 Å². The van der Waals surface area contributed by atoms with E-state index in [2.05, 4.69) is 25.9 Å². The van der Waals surface area contributed by atoms with E-state index in [1.54, 1.807) is 42.6 Å². The monoisotopic (exact) mass is 669 g/mol. The normalized spacial score (nSPS) is 15.0. The summed E-state index contributed by atoms with van der Waals surface area (Å²) in [6.07, 6.45) is 1.65. The van der Waals surface area contributed by atoms with Gasteiger partial charge in [0, 0.05) is 36.5 Å². The summed E-state index contributed by atoms with van der Waals surface area (Å²) in [6, 6.07) is 9.81. The molecule has 0 aliphatic carbocycles. The molecule has 3 aromatic heterocycles. The van der Waals surface area contributed by atoms with Gasteiger partial charge in [-0.2, -0.15) is 0 Å². The molecule has 10 nitrogen and oxygen atoms in total. The molecule has 0 bridgehead atoms. The van der Waals surface area contributed by atoms with Crippen molar-refractivity contribution in [3.8, 4) is 5.75 Å². The van der Waals surface area contributed by atoms with E-state index in [0.29, 0.717) is 71.2 Å². The van der Waals surface area contributed by atoms with Gasteiger partial charge in [0.25, 0.3) is 17.0 Å². The highest BCUT2D eigenvalue weighted by atomic mass is 79.9. The number of aryl methyl sites for hydroxylation is 1. The number of thiazole rings is 1. The second-order valence-electron chi connectivity index (χ2n) is 9.38. The highest BCUT2D eigenvalue weighted by Gasteiger charge is 2.35. The number of hydrogen-bond acceptors (Lipinski definition) is 9. The van der Waals surface area contributed by atoms with Crippen LogP contribution in [0.2, 0.25) is 0 Å². The third-order valence-corrected chi connectivity index (χ3v) is 9.43. The van der Waals surface area contributed by atoms with Crippen LogP contribution in [0.3, 0.4) is 0 Å². The lowest BCUT2D eigenvalue weighted by molar-refractivity contribution is -0.127. The predicted molar refractivity (Wildman–Crippen MR) is 165 cm³/mol. The standard InChI is InChI=1S/C29H28BrN5O5S2/c1-6-34(7-2)26(38)23-16(4)32-29-35(24(23)18-10-8-9-11-20(18)39-5)25(37)21(41-29)14-17-13-19(30)27(40-17)42-28-31-15(3)12-22(36)33-28/h8-14,24H,6-7H2,1-5H3,(H,31,33,36)/b21-14-/t24-/m0/s1. The third-order valence-electron chi connectivity index (χ3n) is 6.72. The van der Waals surface area contributed by atoms with Crippen LogP contribution < -0.4 is 25.2 Å². The van der Waals surface area contributed by atoms with Gasteiger partial charge in [-0.1, -0.05) is 29.5 Å². The molecule has 218 valence electrons. The molecule has 0 saturated heterocycles. The molecule has 13 heteroatoms. The van der Waals surface area contributed by atoms with Crippen molar-refractivity contribution in [3.63, 3.8) is 0 Å². The van der Waals surface area contributed by atoms with Crippen molar-refractivity contribution >= 4 is 51.0 Å². The van der Waals surface area contributed by atoms with Crippen LogP contribution in [-0.4, -0.2) is 45.5 Å². The number of halogens is 1. The predicted octanol–water partition coefficient (Wildman–Crippen LogP) is 4.01. The Morgan fingerprint density at radius 1 is 1.24 bits per heavy atom. The second-order valence-corrected chi connectivity index (χ2v) is 12.2. The smallest absolute Gasteiger partial charge is 0.271 e. The first kappa shape index (κ1) is 29.8. The lowest BCUT2D eigenvalue weighted by Crippen LogP contribution is -2.43. The number of ether oxygens (including phenoxy) is 1. The molecule has 1 aliphatic heterocycles. The number of nitrogens with one attached hydrogen (secondary N) is 1. The summed E-state index contributed by atoms with van der Waals surface area (Å²) in [5.74, 6) is 0.815. The summed E-state index contributed by atoms with van der Waals surface area (Å²) >= 11 is 5.87. The van der Waals surface area contributed by atoms with Crippen molar-refractivity contribution in [2.75, 3.05) is 20.2 Å². The van der Waals surface area contributed by atoms with Crippen LogP contribution in [0.4, 0.5) is 0 Å². The number of allylic oxidation sites excluding steroid dienone is 1. The number of hydrogen-bond donors (Lipinski definition) is 1. The molecule has 5 rings (SSSR count). The zero-order valence-electron chi connectivity index (χ0n) is 23.6. The number of carbonyl (C=O) groups is 1. The molecule has 1 aromatic carbocycles. The highest BCUT2D eigenvalue weighted by Crippen LogP contribution is 2.36. The molecule has 0 unspecified atom stereocenters. The summed E-state index contributed by atoms with van der Waals surface area (Å²) in [5.41, 5.74) is 1.70. The first-order valence-electron chi connectivity index (χ1n) is 13.1. The number of aromatic amines is 1. The van der Waals surface area contributed by atoms with Gasteiger partial charge in [-0.05, 0) is 67.5 Å². The first-order chi connectivity index (χ1) is 20.1. The van der Waals surface area contributed by atoms with E-state index in [0.717, 1.165) is 11.8 Å². The van der Waals surface area contributed by atoms with Crippen molar-refractivity contribution in [2.45, 2.75) is 44.0 Å². The molecular formula is C29H28BrN5O5S2. The fourth-order valence-electron chi connectivity index (χ4n) is 4.79. The molecule has 0 saturated carbocycles. The number of H-pyrrole nitrogens is 1. The fourth-order valence-corrected chi connectivity index (χ4v) is 7.18. The summed E-state index contributed by atoms with van der Waals surface area (Å²) < 4.78 is 14.3. The Kier molecular flexibility index (Phi) is 8.71. The van der Waals surface area contributed by atoms with Crippen molar-refractivity contribution < 1.29 is 13.9 Å². The number of carbonyl (C=O) groups excluding carboxylic acids is 1. The molecule has 0 fully saturated rings. The summed E-state index contributed by atoms with van der Waals surface area (Å²) in [6.45, 7) is 8.43.